The molecular weight excluding hydrogens is 620 g/mol. The number of nitrogens with two attached hydrogens (primary N) is 2. The first-order valence-electron chi connectivity index (χ1n) is 13.1. The third-order valence-corrected chi connectivity index (χ3v) is 7.61. The minimum Gasteiger partial charge on any atom is -1.00 e. The van der Waals surface area contributed by atoms with Crippen molar-refractivity contribution in [1.82, 2.24) is 0 Å². The molecule has 2 aliphatic rings. The Balaban J connectivity index is 0.000000694. The zero-order valence-corrected chi connectivity index (χ0v) is 26.6. The van der Waals surface area contributed by atoms with Crippen LogP contribution in [0.25, 0.3) is 0 Å². The van der Waals surface area contributed by atoms with E-state index in [1.807, 2.05) is 23.1 Å². The number of nitro benzene ring substituents is 2. The molecular formula is C26H45ClN8O8S. The highest BCUT2D eigenvalue weighted by Crippen LogP contribution is 2.33. The summed E-state index contributed by atoms with van der Waals surface area (Å²) in [6.45, 7) is 7.59. The van der Waals surface area contributed by atoms with Crippen LogP contribution in [0, 0.1) is 20.2 Å². The number of nitrogen functional groups attached to an aromatic ring is 2. The molecule has 0 bridgehead atoms. The predicted octanol–water partition coefficient (Wildman–Crippen LogP) is -1.12. The molecule has 0 spiro atoms. The van der Waals surface area contributed by atoms with Crippen LogP contribution in [0.15, 0.2) is 36.4 Å². The summed E-state index contributed by atoms with van der Waals surface area (Å²) in [5.41, 5.74) is 14.3. The van der Waals surface area contributed by atoms with Crippen LogP contribution in [0.2, 0.25) is 0 Å². The lowest BCUT2D eigenvalue weighted by Crippen LogP contribution is -3.00. The van der Waals surface area contributed by atoms with Crippen molar-refractivity contribution in [1.29, 1.82) is 0 Å². The van der Waals surface area contributed by atoms with Crippen LogP contribution >= 0.6 is 0 Å². The second kappa shape index (κ2) is 16.6. The molecule has 2 aromatic rings. The Morgan fingerprint density at radius 3 is 1.57 bits per heavy atom. The van der Waals surface area contributed by atoms with E-state index in [1.165, 1.54) is 12.1 Å². The maximum atomic E-state index is 11.1. The van der Waals surface area contributed by atoms with Crippen LogP contribution < -0.4 is 33.7 Å². The van der Waals surface area contributed by atoms with Crippen LogP contribution in [0.3, 0.4) is 0 Å². The quantitative estimate of drug-likeness (QED) is 0.0972. The van der Waals surface area contributed by atoms with Crippen molar-refractivity contribution in [3.8, 4) is 0 Å². The maximum absolute atomic E-state index is 11.1. The minimum atomic E-state index is -4.41. The van der Waals surface area contributed by atoms with Crippen molar-refractivity contribution in [2.24, 2.45) is 0 Å². The number of hydrogen-bond donors (Lipinski definition) is 2. The lowest BCUT2D eigenvalue weighted by atomic mass is 10.2. The summed E-state index contributed by atoms with van der Waals surface area (Å²) in [4.78, 5) is 24.9. The largest absolute Gasteiger partial charge is 1.00 e. The van der Waals surface area contributed by atoms with Crippen molar-refractivity contribution in [3.05, 3.63) is 56.6 Å². The molecule has 2 saturated heterocycles. The van der Waals surface area contributed by atoms with Crippen molar-refractivity contribution in [2.45, 2.75) is 7.43 Å². The second-order valence-electron chi connectivity index (χ2n) is 11.3. The monoisotopic (exact) mass is 664 g/mol. The summed E-state index contributed by atoms with van der Waals surface area (Å²) >= 11 is 0. The number of benzene rings is 2. The minimum absolute atomic E-state index is 0. The first kappa shape index (κ1) is 40.5. The van der Waals surface area contributed by atoms with Gasteiger partial charge in [-0.3, -0.25) is 24.4 Å². The van der Waals surface area contributed by atoms with E-state index in [2.05, 4.69) is 37.3 Å². The van der Waals surface area contributed by atoms with Crippen molar-refractivity contribution in [2.75, 3.05) is 109 Å². The molecule has 2 aromatic carbocycles. The molecule has 0 atom stereocenters. The van der Waals surface area contributed by atoms with Gasteiger partial charge in [-0.05, 0) is 24.3 Å². The van der Waals surface area contributed by atoms with Gasteiger partial charge in [-0.1, -0.05) is 7.43 Å². The van der Waals surface area contributed by atoms with Gasteiger partial charge in [0, 0.05) is 11.8 Å². The fraction of sp³-hybridized carbons (Fsp3) is 0.538. The van der Waals surface area contributed by atoms with Crippen LogP contribution in [0.1, 0.15) is 7.43 Å². The Kier molecular flexibility index (Phi) is 15.2. The van der Waals surface area contributed by atoms with E-state index in [-0.39, 0.29) is 31.2 Å². The molecule has 2 aliphatic heterocycles. The molecule has 0 amide bonds. The van der Waals surface area contributed by atoms with Gasteiger partial charge < -0.3 is 47.2 Å². The van der Waals surface area contributed by atoms with E-state index in [0.29, 0.717) is 18.8 Å². The van der Waals surface area contributed by atoms with Gasteiger partial charge in [-0.15, -0.1) is 0 Å². The number of anilines is 4. The summed E-state index contributed by atoms with van der Waals surface area (Å²) in [7, 11) is 5.16. The number of nitro groups is 2. The van der Waals surface area contributed by atoms with Crippen molar-refractivity contribution < 1.29 is 48.4 Å². The molecule has 0 saturated carbocycles. The molecule has 16 nitrogen and oxygen atoms in total. The number of nitrogens with zero attached hydrogens (tertiary/aromatic N) is 6. The van der Waals surface area contributed by atoms with Crippen LogP contribution in [0.4, 0.5) is 34.1 Å². The molecule has 250 valence electrons. The zero-order valence-electron chi connectivity index (χ0n) is 25.0. The van der Waals surface area contributed by atoms with E-state index >= 15 is 0 Å². The summed E-state index contributed by atoms with van der Waals surface area (Å²) in [5.74, 6) is 0. The average Bonchev–Trinajstić information content (AvgIpc) is 2.89. The highest BCUT2D eigenvalue weighted by molar-refractivity contribution is 7.80. The Morgan fingerprint density at radius 1 is 0.795 bits per heavy atom. The third kappa shape index (κ3) is 12.6. The summed E-state index contributed by atoms with van der Waals surface area (Å²) in [5, 5.41) is 21.8. The maximum Gasteiger partial charge on any atom is 0.299 e. The number of quaternary nitrogens is 2. The van der Waals surface area contributed by atoms with E-state index in [4.69, 9.17) is 11.5 Å². The van der Waals surface area contributed by atoms with E-state index in [0.717, 1.165) is 78.5 Å². The van der Waals surface area contributed by atoms with E-state index in [1.54, 1.807) is 0 Å². The Hall–Kier alpha value is -3.48. The molecule has 2 heterocycles. The average molecular weight is 665 g/mol. The number of hydrogen-bond acceptors (Lipinski definition) is 12. The molecule has 18 heteroatoms. The third-order valence-electron chi connectivity index (χ3n) is 7.20. The fourth-order valence-electron chi connectivity index (χ4n) is 4.39. The smallest absolute Gasteiger partial charge is 0.299 e. The van der Waals surface area contributed by atoms with Gasteiger partial charge in [0.15, 0.2) is 0 Å². The van der Waals surface area contributed by atoms with Crippen molar-refractivity contribution in [3.63, 3.8) is 0 Å². The van der Waals surface area contributed by atoms with Gasteiger partial charge >= 0.3 is 0 Å². The highest BCUT2D eigenvalue weighted by Gasteiger charge is 2.30. The van der Waals surface area contributed by atoms with E-state index in [9.17, 15) is 33.2 Å². The lowest BCUT2D eigenvalue weighted by molar-refractivity contribution is -0.890. The first-order chi connectivity index (χ1) is 19.3. The normalized spacial score (nSPS) is 16.9. The summed E-state index contributed by atoms with van der Waals surface area (Å²) < 4.78 is 33.0. The molecule has 0 aromatic heterocycles. The molecule has 4 rings (SSSR count). The van der Waals surface area contributed by atoms with Gasteiger partial charge in [0.25, 0.3) is 11.4 Å². The molecule has 2 fully saturated rings. The Labute approximate surface area is 265 Å². The molecule has 0 unspecified atom stereocenters. The topological polar surface area (TPSA) is 211 Å². The molecule has 4 N–H and O–H groups in total. The first-order valence-corrected chi connectivity index (χ1v) is 14.4. The molecule has 44 heavy (non-hydrogen) atoms. The SMILES string of the molecule is C.COS(=O)(=O)[O-].C[N+]1(C)CCN(c2ccc(N)cc2N)CC1.C[N+]1(C)CCN(c2ccc([N+](=O)[O-])cc2[N+](=O)[O-])CC1.[Cl-]. The van der Waals surface area contributed by atoms with E-state index < -0.39 is 20.2 Å². The van der Waals surface area contributed by atoms with Crippen LogP contribution in [-0.2, 0) is 14.6 Å². The summed E-state index contributed by atoms with van der Waals surface area (Å²) in [6.07, 6.45) is 0. The second-order valence-corrected chi connectivity index (χ2v) is 12.5. The van der Waals surface area contributed by atoms with Crippen molar-refractivity contribution >= 4 is 44.5 Å². The number of likely N-dealkylation sites (N-methyl/N-ethyl adjacent to an activating group) is 2. The standard InChI is InChI=1S/C12H17N4O4.C12H21N4.CH4O4S.CH4.ClH/c1-16(2)7-5-13(6-8-16)11-4-3-10(14(17)18)9-12(11)15(19)20;1-16(2)7-5-15(6-8-16)12-4-3-10(13)9-11(12)14;1-5-6(2,3)4;;/h3-4,9H,5-8H2,1-2H3;3-4,9H,5-8,13-14H2,1-2H3;1H3,(H,2,3,4);1H4;1H/q2*+1;;;/p-2. The number of non-ortho nitro benzene ring substituents is 1. The number of halogens is 1. The Morgan fingerprint density at radius 2 is 1.20 bits per heavy atom. The molecule has 0 aliphatic carbocycles. The number of rotatable bonds is 5. The predicted molar refractivity (Wildman–Crippen MR) is 167 cm³/mol. The zero-order chi connectivity index (χ0) is 31.9. The summed E-state index contributed by atoms with van der Waals surface area (Å²) in [6, 6.07) is 9.60. The van der Waals surface area contributed by atoms with Gasteiger partial charge in [0.2, 0.25) is 10.4 Å². The van der Waals surface area contributed by atoms with Crippen LogP contribution in [-0.4, -0.2) is 119 Å². The van der Waals surface area contributed by atoms with Gasteiger partial charge in [0.05, 0.1) is 115 Å². The van der Waals surface area contributed by atoms with Gasteiger partial charge in [0.1, 0.15) is 5.69 Å². The number of piperazine rings is 2. The van der Waals surface area contributed by atoms with Crippen LogP contribution in [0.5, 0.6) is 0 Å². The Bertz CT molecular complexity index is 1360. The highest BCUT2D eigenvalue weighted by atomic mass is 35.5. The lowest BCUT2D eigenvalue weighted by Gasteiger charge is -2.40. The van der Waals surface area contributed by atoms with Gasteiger partial charge in [-0.25, -0.2) is 8.42 Å². The molecule has 0 radical (unpaired) electrons. The van der Waals surface area contributed by atoms with Gasteiger partial charge in [-0.2, -0.15) is 0 Å². The fourth-order valence-corrected chi connectivity index (χ4v) is 4.39.